The maximum Gasteiger partial charge on any atom is 0.248 e. The van der Waals surface area contributed by atoms with E-state index in [1.54, 1.807) is 30.1 Å². The predicted molar refractivity (Wildman–Crippen MR) is 67.0 cm³/mol. The molecule has 0 bridgehead atoms. The molecule has 0 spiro atoms. The summed E-state index contributed by atoms with van der Waals surface area (Å²) in [6.45, 7) is 1.80. The van der Waals surface area contributed by atoms with Crippen molar-refractivity contribution < 1.29 is 4.79 Å². The minimum Gasteiger partial charge on any atom is -0.320 e. The molecule has 1 aromatic heterocycles. The summed E-state index contributed by atoms with van der Waals surface area (Å²) in [7, 11) is 0. The summed E-state index contributed by atoms with van der Waals surface area (Å²) in [5, 5.41) is 6.90. The number of nitrogens with one attached hydrogen (secondary N) is 1. The number of allylic oxidation sites excluding steroid dienone is 1. The van der Waals surface area contributed by atoms with Crippen molar-refractivity contribution in [3.8, 4) is 5.69 Å². The van der Waals surface area contributed by atoms with Gasteiger partial charge in [0.1, 0.15) is 0 Å². The lowest BCUT2D eigenvalue weighted by atomic mass is 10.3. The molecule has 0 aliphatic heterocycles. The lowest BCUT2D eigenvalue weighted by molar-refractivity contribution is -0.111. The monoisotopic (exact) mass is 227 g/mol. The Hall–Kier alpha value is -2.36. The van der Waals surface area contributed by atoms with Crippen LogP contribution in [0.25, 0.3) is 5.69 Å². The topological polar surface area (TPSA) is 46.9 Å². The van der Waals surface area contributed by atoms with Crippen LogP contribution >= 0.6 is 0 Å². The molecule has 0 aliphatic rings. The van der Waals surface area contributed by atoms with E-state index in [4.69, 9.17) is 0 Å². The maximum atomic E-state index is 11.3. The van der Waals surface area contributed by atoms with Crippen molar-refractivity contribution in [3.05, 3.63) is 54.9 Å². The summed E-state index contributed by atoms with van der Waals surface area (Å²) >= 11 is 0. The summed E-state index contributed by atoms with van der Waals surface area (Å²) in [5.74, 6) is -0.153. The van der Waals surface area contributed by atoms with Gasteiger partial charge in [0.25, 0.3) is 0 Å². The predicted octanol–water partition coefficient (Wildman–Crippen LogP) is 2.39. The third-order valence-electron chi connectivity index (χ3n) is 2.19. The number of nitrogens with zero attached hydrogens (tertiary/aromatic N) is 2. The van der Waals surface area contributed by atoms with Crippen molar-refractivity contribution in [2.75, 3.05) is 5.32 Å². The van der Waals surface area contributed by atoms with Crippen molar-refractivity contribution in [1.82, 2.24) is 9.78 Å². The Balaban J connectivity index is 2.14. The largest absolute Gasteiger partial charge is 0.320 e. The smallest absolute Gasteiger partial charge is 0.248 e. The van der Waals surface area contributed by atoms with Gasteiger partial charge in [-0.3, -0.25) is 4.79 Å². The zero-order valence-corrected chi connectivity index (χ0v) is 9.50. The molecule has 0 saturated heterocycles. The molecule has 0 aliphatic carbocycles. The highest BCUT2D eigenvalue weighted by Crippen LogP contribution is 2.10. The zero-order valence-electron chi connectivity index (χ0n) is 9.50. The first-order chi connectivity index (χ1) is 8.29. The minimum atomic E-state index is -0.153. The van der Waals surface area contributed by atoms with E-state index < -0.39 is 0 Å². The van der Waals surface area contributed by atoms with Gasteiger partial charge in [-0.25, -0.2) is 4.68 Å². The number of carbonyl (C=O) groups is 1. The third kappa shape index (κ3) is 2.81. The Kier molecular flexibility index (Phi) is 3.35. The highest BCUT2D eigenvalue weighted by Gasteiger charge is 2.02. The minimum absolute atomic E-state index is 0.153. The molecule has 2 aromatic rings. The summed E-state index contributed by atoms with van der Waals surface area (Å²) in [6.07, 6.45) is 6.56. The molecule has 0 unspecified atom stereocenters. The molecule has 1 amide bonds. The first-order valence-corrected chi connectivity index (χ1v) is 5.33. The molecule has 4 heteroatoms. The van der Waals surface area contributed by atoms with Crippen LogP contribution in [0.5, 0.6) is 0 Å². The van der Waals surface area contributed by atoms with Crippen molar-refractivity contribution in [2.24, 2.45) is 0 Å². The van der Waals surface area contributed by atoms with Crippen LogP contribution in [0.15, 0.2) is 54.9 Å². The number of hydrogen-bond donors (Lipinski definition) is 1. The van der Waals surface area contributed by atoms with Crippen molar-refractivity contribution in [1.29, 1.82) is 0 Å². The fourth-order valence-corrected chi connectivity index (χ4v) is 1.44. The van der Waals surface area contributed by atoms with Crippen LogP contribution in [0.2, 0.25) is 0 Å². The number of aromatic nitrogens is 2. The van der Waals surface area contributed by atoms with E-state index in [0.29, 0.717) is 5.69 Å². The summed E-state index contributed by atoms with van der Waals surface area (Å²) in [5.41, 5.74) is 1.64. The second-order valence-corrected chi connectivity index (χ2v) is 3.50. The highest BCUT2D eigenvalue weighted by molar-refractivity contribution is 5.99. The van der Waals surface area contributed by atoms with E-state index in [0.717, 1.165) is 5.69 Å². The quantitative estimate of drug-likeness (QED) is 0.818. The molecule has 4 nitrogen and oxygen atoms in total. The van der Waals surface area contributed by atoms with E-state index in [9.17, 15) is 4.79 Å². The SMILES string of the molecule is C/C=C/C(=O)Nc1cnn(-c2ccccc2)c1. The van der Waals surface area contributed by atoms with Gasteiger partial charge in [0.05, 0.1) is 23.8 Å². The van der Waals surface area contributed by atoms with Gasteiger partial charge in [0, 0.05) is 0 Å². The fraction of sp³-hybridized carbons (Fsp3) is 0.0769. The van der Waals surface area contributed by atoms with Crippen LogP contribution in [-0.4, -0.2) is 15.7 Å². The lowest BCUT2D eigenvalue weighted by Crippen LogP contribution is -2.06. The number of carbonyl (C=O) groups excluding carboxylic acids is 1. The number of benzene rings is 1. The first kappa shape index (κ1) is 11.1. The number of amides is 1. The molecule has 86 valence electrons. The van der Waals surface area contributed by atoms with Gasteiger partial charge in [-0.1, -0.05) is 24.3 Å². The average Bonchev–Trinajstić information content (AvgIpc) is 2.79. The standard InChI is InChI=1S/C13H13N3O/c1-2-6-13(17)15-11-9-14-16(10-11)12-7-4-3-5-8-12/h2-10H,1H3,(H,15,17)/b6-2+. The van der Waals surface area contributed by atoms with Gasteiger partial charge < -0.3 is 5.32 Å². The normalized spacial score (nSPS) is 10.6. The Morgan fingerprint density at radius 2 is 2.12 bits per heavy atom. The van der Waals surface area contributed by atoms with Crippen LogP contribution in [0.4, 0.5) is 5.69 Å². The Morgan fingerprint density at radius 1 is 1.35 bits per heavy atom. The highest BCUT2D eigenvalue weighted by atomic mass is 16.1. The lowest BCUT2D eigenvalue weighted by Gasteiger charge is -1.99. The molecule has 0 saturated carbocycles. The van der Waals surface area contributed by atoms with E-state index in [2.05, 4.69) is 10.4 Å². The summed E-state index contributed by atoms with van der Waals surface area (Å²) in [4.78, 5) is 11.3. The van der Waals surface area contributed by atoms with Crippen LogP contribution in [-0.2, 0) is 4.79 Å². The van der Waals surface area contributed by atoms with Crippen molar-refractivity contribution in [3.63, 3.8) is 0 Å². The molecule has 1 heterocycles. The van der Waals surface area contributed by atoms with Crippen LogP contribution < -0.4 is 5.32 Å². The molecule has 0 radical (unpaired) electrons. The molecule has 17 heavy (non-hydrogen) atoms. The Morgan fingerprint density at radius 3 is 2.82 bits per heavy atom. The molecule has 0 fully saturated rings. The van der Waals surface area contributed by atoms with E-state index in [-0.39, 0.29) is 5.91 Å². The van der Waals surface area contributed by atoms with Gasteiger partial charge in [0.2, 0.25) is 5.91 Å². The van der Waals surface area contributed by atoms with Crippen LogP contribution in [0.1, 0.15) is 6.92 Å². The second kappa shape index (κ2) is 5.12. The number of rotatable bonds is 3. The van der Waals surface area contributed by atoms with Gasteiger partial charge in [-0.05, 0) is 25.1 Å². The average molecular weight is 227 g/mol. The van der Waals surface area contributed by atoms with Gasteiger partial charge in [-0.2, -0.15) is 5.10 Å². The molecular weight excluding hydrogens is 214 g/mol. The van der Waals surface area contributed by atoms with E-state index in [1.807, 2.05) is 30.3 Å². The Labute approximate surface area is 99.6 Å². The van der Waals surface area contributed by atoms with Gasteiger partial charge in [-0.15, -0.1) is 0 Å². The number of hydrogen-bond acceptors (Lipinski definition) is 2. The number of anilines is 1. The molecule has 1 aromatic carbocycles. The first-order valence-electron chi connectivity index (χ1n) is 5.33. The maximum absolute atomic E-state index is 11.3. The fourth-order valence-electron chi connectivity index (χ4n) is 1.44. The number of para-hydroxylation sites is 1. The Bertz CT molecular complexity index is 529. The summed E-state index contributed by atoms with van der Waals surface area (Å²) < 4.78 is 1.71. The molecule has 0 atom stereocenters. The van der Waals surface area contributed by atoms with Gasteiger partial charge in [0.15, 0.2) is 0 Å². The second-order valence-electron chi connectivity index (χ2n) is 3.50. The van der Waals surface area contributed by atoms with Gasteiger partial charge >= 0.3 is 0 Å². The van der Waals surface area contributed by atoms with Crippen molar-refractivity contribution >= 4 is 11.6 Å². The van der Waals surface area contributed by atoms with E-state index >= 15 is 0 Å². The molecular formula is C13H13N3O. The summed E-state index contributed by atoms with van der Waals surface area (Å²) in [6, 6.07) is 9.72. The third-order valence-corrected chi connectivity index (χ3v) is 2.19. The van der Waals surface area contributed by atoms with Crippen molar-refractivity contribution in [2.45, 2.75) is 6.92 Å². The molecule has 1 N–H and O–H groups in total. The molecule has 2 rings (SSSR count). The zero-order chi connectivity index (χ0) is 12.1. The van der Waals surface area contributed by atoms with E-state index in [1.165, 1.54) is 6.08 Å². The van der Waals surface area contributed by atoms with Crippen LogP contribution in [0.3, 0.4) is 0 Å². The van der Waals surface area contributed by atoms with Crippen LogP contribution in [0, 0.1) is 0 Å².